The van der Waals surface area contributed by atoms with Gasteiger partial charge >= 0.3 is 0 Å². The van der Waals surface area contributed by atoms with E-state index in [1.54, 1.807) is 13.2 Å². The fourth-order valence-corrected chi connectivity index (χ4v) is 2.55. The van der Waals surface area contributed by atoms with E-state index in [0.29, 0.717) is 11.5 Å². The van der Waals surface area contributed by atoms with Gasteiger partial charge in [-0.3, -0.25) is 9.78 Å². The number of carbonyl (C=O) groups excluding carboxylic acids is 1. The minimum absolute atomic E-state index is 0.139. The molecule has 5 nitrogen and oxygen atoms in total. The topological polar surface area (TPSA) is 66.9 Å². The standard InChI is InChI=1S/C14H22N4O/c1-15-13-10-16-9-12(18-13)14(19)17-8-7-11-5-3-2-4-6-11/h9-11H,2-8H2,1H3,(H,15,18)(H,17,19). The summed E-state index contributed by atoms with van der Waals surface area (Å²) in [5, 5.41) is 5.80. The number of nitrogens with one attached hydrogen (secondary N) is 2. The van der Waals surface area contributed by atoms with Gasteiger partial charge in [0.15, 0.2) is 0 Å². The number of hydrogen-bond donors (Lipinski definition) is 2. The van der Waals surface area contributed by atoms with Crippen LogP contribution in [-0.2, 0) is 0 Å². The number of anilines is 1. The Bertz CT molecular complexity index is 416. The molecule has 0 spiro atoms. The van der Waals surface area contributed by atoms with E-state index in [-0.39, 0.29) is 5.91 Å². The van der Waals surface area contributed by atoms with Crippen LogP contribution in [0.5, 0.6) is 0 Å². The molecule has 1 heterocycles. The lowest BCUT2D eigenvalue weighted by Crippen LogP contribution is -2.27. The van der Waals surface area contributed by atoms with Crippen molar-refractivity contribution in [2.75, 3.05) is 18.9 Å². The minimum Gasteiger partial charge on any atom is -0.372 e. The molecule has 0 saturated heterocycles. The smallest absolute Gasteiger partial charge is 0.271 e. The molecule has 5 heteroatoms. The summed E-state index contributed by atoms with van der Waals surface area (Å²) < 4.78 is 0. The van der Waals surface area contributed by atoms with Crippen LogP contribution in [0.1, 0.15) is 49.0 Å². The summed E-state index contributed by atoms with van der Waals surface area (Å²) in [6, 6.07) is 0. The molecule has 0 bridgehead atoms. The third-order valence-corrected chi connectivity index (χ3v) is 3.69. The number of aromatic nitrogens is 2. The molecule has 0 aromatic carbocycles. The number of hydrogen-bond acceptors (Lipinski definition) is 4. The van der Waals surface area contributed by atoms with Crippen molar-refractivity contribution in [3.05, 3.63) is 18.1 Å². The highest BCUT2D eigenvalue weighted by Gasteiger charge is 2.14. The third-order valence-electron chi connectivity index (χ3n) is 3.69. The second-order valence-corrected chi connectivity index (χ2v) is 5.09. The molecule has 1 aromatic rings. The van der Waals surface area contributed by atoms with E-state index in [0.717, 1.165) is 18.9 Å². The van der Waals surface area contributed by atoms with Crippen molar-refractivity contribution in [2.45, 2.75) is 38.5 Å². The Hall–Kier alpha value is -1.65. The van der Waals surface area contributed by atoms with Gasteiger partial charge in [0.1, 0.15) is 11.5 Å². The summed E-state index contributed by atoms with van der Waals surface area (Å²) >= 11 is 0. The Balaban J connectivity index is 1.77. The molecule has 1 aliphatic rings. The van der Waals surface area contributed by atoms with E-state index in [9.17, 15) is 4.79 Å². The van der Waals surface area contributed by atoms with Gasteiger partial charge in [-0.15, -0.1) is 0 Å². The van der Waals surface area contributed by atoms with Gasteiger partial charge in [0.2, 0.25) is 0 Å². The monoisotopic (exact) mass is 262 g/mol. The molecule has 1 fully saturated rings. The lowest BCUT2D eigenvalue weighted by Gasteiger charge is -2.21. The second-order valence-electron chi connectivity index (χ2n) is 5.09. The Morgan fingerprint density at radius 1 is 1.32 bits per heavy atom. The number of rotatable bonds is 5. The molecule has 19 heavy (non-hydrogen) atoms. The number of nitrogens with zero attached hydrogens (tertiary/aromatic N) is 2. The van der Waals surface area contributed by atoms with Crippen LogP contribution in [0.25, 0.3) is 0 Å². The van der Waals surface area contributed by atoms with Crippen molar-refractivity contribution in [1.82, 2.24) is 15.3 Å². The van der Waals surface area contributed by atoms with Gasteiger partial charge in [0, 0.05) is 13.6 Å². The molecular formula is C14H22N4O. The third kappa shape index (κ3) is 4.19. The van der Waals surface area contributed by atoms with Crippen LogP contribution in [0.4, 0.5) is 5.82 Å². The van der Waals surface area contributed by atoms with E-state index in [1.807, 2.05) is 0 Å². The fraction of sp³-hybridized carbons (Fsp3) is 0.643. The average molecular weight is 262 g/mol. The maximum absolute atomic E-state index is 11.9. The molecule has 0 aliphatic heterocycles. The van der Waals surface area contributed by atoms with Crippen molar-refractivity contribution in [1.29, 1.82) is 0 Å². The van der Waals surface area contributed by atoms with E-state index >= 15 is 0 Å². The van der Waals surface area contributed by atoms with Crippen LogP contribution in [0.2, 0.25) is 0 Å². The van der Waals surface area contributed by atoms with Gasteiger partial charge in [0.05, 0.1) is 12.4 Å². The molecule has 0 atom stereocenters. The maximum atomic E-state index is 11.9. The molecule has 1 saturated carbocycles. The minimum atomic E-state index is -0.139. The van der Waals surface area contributed by atoms with Crippen LogP contribution < -0.4 is 10.6 Å². The zero-order valence-corrected chi connectivity index (χ0v) is 11.5. The Morgan fingerprint density at radius 3 is 2.84 bits per heavy atom. The molecule has 0 radical (unpaired) electrons. The summed E-state index contributed by atoms with van der Waals surface area (Å²) in [4.78, 5) is 20.1. The molecule has 1 aromatic heterocycles. The first-order valence-corrected chi connectivity index (χ1v) is 7.07. The highest BCUT2D eigenvalue weighted by Crippen LogP contribution is 2.25. The van der Waals surface area contributed by atoms with Gasteiger partial charge in [-0.05, 0) is 12.3 Å². The van der Waals surface area contributed by atoms with Gasteiger partial charge < -0.3 is 10.6 Å². The molecule has 2 N–H and O–H groups in total. The highest BCUT2D eigenvalue weighted by molar-refractivity contribution is 5.92. The lowest BCUT2D eigenvalue weighted by atomic mass is 9.87. The van der Waals surface area contributed by atoms with Gasteiger partial charge in [-0.2, -0.15) is 0 Å². The van der Waals surface area contributed by atoms with Crippen molar-refractivity contribution >= 4 is 11.7 Å². The number of carbonyl (C=O) groups is 1. The lowest BCUT2D eigenvalue weighted by molar-refractivity contribution is 0.0945. The van der Waals surface area contributed by atoms with Gasteiger partial charge in [-0.1, -0.05) is 32.1 Å². The van der Waals surface area contributed by atoms with Crippen molar-refractivity contribution in [2.24, 2.45) is 5.92 Å². The zero-order chi connectivity index (χ0) is 13.5. The summed E-state index contributed by atoms with van der Waals surface area (Å²) in [6.07, 6.45) is 10.8. The van der Waals surface area contributed by atoms with E-state index in [2.05, 4.69) is 20.6 Å². The molecule has 104 valence electrons. The zero-order valence-electron chi connectivity index (χ0n) is 11.5. The first-order chi connectivity index (χ1) is 9.29. The predicted molar refractivity (Wildman–Crippen MR) is 75.1 cm³/mol. The first-order valence-electron chi connectivity index (χ1n) is 7.07. The molecule has 2 rings (SSSR count). The van der Waals surface area contributed by atoms with E-state index in [4.69, 9.17) is 0 Å². The van der Waals surface area contributed by atoms with Crippen LogP contribution in [0, 0.1) is 5.92 Å². The SMILES string of the molecule is CNc1cncc(C(=O)NCCC2CCCCC2)n1. The summed E-state index contributed by atoms with van der Waals surface area (Å²) in [5.74, 6) is 1.25. The van der Waals surface area contributed by atoms with Crippen LogP contribution in [0.3, 0.4) is 0 Å². The summed E-state index contributed by atoms with van der Waals surface area (Å²) in [7, 11) is 1.76. The van der Waals surface area contributed by atoms with Crippen molar-refractivity contribution < 1.29 is 4.79 Å². The van der Waals surface area contributed by atoms with Crippen LogP contribution >= 0.6 is 0 Å². The molecule has 1 amide bonds. The Morgan fingerprint density at radius 2 is 2.11 bits per heavy atom. The Labute approximate surface area is 114 Å². The van der Waals surface area contributed by atoms with Crippen molar-refractivity contribution in [3.8, 4) is 0 Å². The second kappa shape index (κ2) is 7.07. The van der Waals surface area contributed by atoms with Crippen LogP contribution in [-0.4, -0.2) is 29.5 Å². The largest absolute Gasteiger partial charge is 0.372 e. The normalized spacial score (nSPS) is 16.1. The van der Waals surface area contributed by atoms with Gasteiger partial charge in [-0.25, -0.2) is 4.98 Å². The number of amides is 1. The first kappa shape index (κ1) is 13.8. The molecule has 1 aliphatic carbocycles. The fourth-order valence-electron chi connectivity index (χ4n) is 2.55. The summed E-state index contributed by atoms with van der Waals surface area (Å²) in [6.45, 7) is 0.731. The van der Waals surface area contributed by atoms with Gasteiger partial charge in [0.25, 0.3) is 5.91 Å². The van der Waals surface area contributed by atoms with E-state index in [1.165, 1.54) is 38.3 Å². The maximum Gasteiger partial charge on any atom is 0.271 e. The molecular weight excluding hydrogens is 240 g/mol. The highest BCUT2D eigenvalue weighted by atomic mass is 16.1. The van der Waals surface area contributed by atoms with Crippen molar-refractivity contribution in [3.63, 3.8) is 0 Å². The van der Waals surface area contributed by atoms with Crippen LogP contribution in [0.15, 0.2) is 12.4 Å². The summed E-state index contributed by atoms with van der Waals surface area (Å²) in [5.41, 5.74) is 0.371. The quantitative estimate of drug-likeness (QED) is 0.854. The molecule has 0 unspecified atom stereocenters. The van der Waals surface area contributed by atoms with E-state index < -0.39 is 0 Å². The predicted octanol–water partition coefficient (Wildman–Crippen LogP) is 2.22. The average Bonchev–Trinajstić information content (AvgIpc) is 2.48. The Kier molecular flexibility index (Phi) is 5.12.